The number of hydrogen-bond acceptors (Lipinski definition) is 4. The number of aliphatic hydroxyl groups excluding tert-OH is 1. The van der Waals surface area contributed by atoms with Crippen LogP contribution in [0.15, 0.2) is 24.3 Å². The van der Waals surface area contributed by atoms with Crippen LogP contribution in [0.2, 0.25) is 0 Å². The van der Waals surface area contributed by atoms with Crippen LogP contribution in [0, 0.1) is 5.82 Å². The minimum Gasteiger partial charge on any atom is -0.479 e. The smallest absolute Gasteiger partial charge is 0.338 e. The number of carboxylic acids is 1. The van der Waals surface area contributed by atoms with Crippen molar-refractivity contribution in [3.8, 4) is 0 Å². The molecule has 6 nitrogen and oxygen atoms in total. The zero-order valence-electron chi connectivity index (χ0n) is 12.0. The average Bonchev–Trinajstić information content (AvgIpc) is 2.36. The summed E-state index contributed by atoms with van der Waals surface area (Å²) in [5.41, 5.74) is -2.80. The van der Waals surface area contributed by atoms with E-state index in [2.05, 4.69) is 5.32 Å². The largest absolute Gasteiger partial charge is 0.479 e. The standard InChI is InChI=1S/C14H18FNO5/c1-13(2,3)21-14(16-8-17,11(18)12(19)20)9-4-6-10(15)7-5-9/h4-8,11,18H,1-3H3,(H,16,17)(H,19,20)/t11-,14-/m0/s1. The van der Waals surface area contributed by atoms with Gasteiger partial charge in [0.05, 0.1) is 5.60 Å². The first-order chi connectivity index (χ1) is 9.62. The van der Waals surface area contributed by atoms with Crippen LogP contribution >= 0.6 is 0 Å². The molecule has 0 spiro atoms. The molecule has 2 atom stereocenters. The molecular formula is C14H18FNO5. The van der Waals surface area contributed by atoms with Gasteiger partial charge in [-0.1, -0.05) is 12.1 Å². The van der Waals surface area contributed by atoms with Gasteiger partial charge in [-0.2, -0.15) is 0 Å². The molecule has 116 valence electrons. The van der Waals surface area contributed by atoms with Crippen LogP contribution in [0.5, 0.6) is 0 Å². The third-order valence-corrected chi connectivity index (χ3v) is 2.63. The highest BCUT2D eigenvalue weighted by Gasteiger charge is 2.47. The number of aliphatic carboxylic acids is 1. The Morgan fingerprint density at radius 1 is 1.33 bits per heavy atom. The second kappa shape index (κ2) is 6.19. The highest BCUT2D eigenvalue weighted by Crippen LogP contribution is 2.32. The first-order valence-electron chi connectivity index (χ1n) is 6.21. The number of ether oxygens (including phenoxy) is 1. The van der Waals surface area contributed by atoms with Crippen LogP contribution in [0.1, 0.15) is 26.3 Å². The zero-order chi connectivity index (χ0) is 16.3. The van der Waals surface area contributed by atoms with Crippen molar-refractivity contribution in [2.45, 2.75) is 38.2 Å². The SMILES string of the molecule is CC(C)(C)O[C@@](NC=O)(c1ccc(F)cc1)[C@@H](O)C(=O)O. The molecule has 1 rings (SSSR count). The van der Waals surface area contributed by atoms with Crippen molar-refractivity contribution in [3.05, 3.63) is 35.6 Å². The minimum absolute atomic E-state index is 0.112. The Kier molecular flexibility index (Phi) is 5.03. The lowest BCUT2D eigenvalue weighted by molar-refractivity contribution is -0.214. The monoisotopic (exact) mass is 299 g/mol. The molecule has 0 aliphatic carbocycles. The van der Waals surface area contributed by atoms with E-state index < -0.39 is 29.2 Å². The summed E-state index contributed by atoms with van der Waals surface area (Å²) in [5.74, 6) is -2.13. The topological polar surface area (TPSA) is 95.9 Å². The van der Waals surface area contributed by atoms with Crippen molar-refractivity contribution < 1.29 is 28.9 Å². The van der Waals surface area contributed by atoms with Crippen LogP contribution in [0.4, 0.5) is 4.39 Å². The van der Waals surface area contributed by atoms with E-state index in [0.29, 0.717) is 0 Å². The van der Waals surface area contributed by atoms with Crippen LogP contribution in [0.3, 0.4) is 0 Å². The van der Waals surface area contributed by atoms with Gasteiger partial charge in [0, 0.05) is 5.56 Å². The van der Waals surface area contributed by atoms with Crippen molar-refractivity contribution >= 4 is 12.4 Å². The van der Waals surface area contributed by atoms with Gasteiger partial charge in [-0.15, -0.1) is 0 Å². The summed E-state index contributed by atoms with van der Waals surface area (Å²) in [4.78, 5) is 22.1. The summed E-state index contributed by atoms with van der Waals surface area (Å²) in [6.07, 6.45) is -1.85. The minimum atomic E-state index is -2.08. The predicted molar refractivity (Wildman–Crippen MR) is 71.8 cm³/mol. The van der Waals surface area contributed by atoms with Crippen LogP contribution in [-0.4, -0.2) is 34.3 Å². The molecule has 0 unspecified atom stereocenters. The van der Waals surface area contributed by atoms with Gasteiger partial charge in [-0.05, 0) is 32.9 Å². The molecule has 0 fully saturated rings. The Labute approximate surface area is 121 Å². The van der Waals surface area contributed by atoms with Crippen molar-refractivity contribution in [3.63, 3.8) is 0 Å². The fourth-order valence-electron chi connectivity index (χ4n) is 1.91. The number of carboxylic acid groups (broad SMARTS) is 1. The normalized spacial score (nSPS) is 15.9. The van der Waals surface area contributed by atoms with E-state index in [-0.39, 0.29) is 12.0 Å². The van der Waals surface area contributed by atoms with Crippen molar-refractivity contribution in [1.82, 2.24) is 5.32 Å². The molecule has 0 radical (unpaired) electrons. The summed E-state index contributed by atoms with van der Waals surface area (Å²) in [6.45, 7) is 4.89. The van der Waals surface area contributed by atoms with Gasteiger partial charge in [0.15, 0.2) is 0 Å². The first-order valence-corrected chi connectivity index (χ1v) is 6.21. The molecule has 21 heavy (non-hydrogen) atoms. The zero-order valence-corrected chi connectivity index (χ0v) is 12.0. The van der Waals surface area contributed by atoms with E-state index in [9.17, 15) is 19.1 Å². The number of rotatable bonds is 6. The van der Waals surface area contributed by atoms with Crippen LogP contribution in [-0.2, 0) is 20.1 Å². The number of carbonyl (C=O) groups excluding carboxylic acids is 1. The molecule has 1 aromatic rings. The van der Waals surface area contributed by atoms with E-state index in [1.165, 1.54) is 12.1 Å². The number of carbonyl (C=O) groups is 2. The number of hydrogen-bond donors (Lipinski definition) is 3. The van der Waals surface area contributed by atoms with E-state index in [0.717, 1.165) is 12.1 Å². The van der Waals surface area contributed by atoms with Crippen LogP contribution < -0.4 is 5.32 Å². The number of halogens is 1. The highest BCUT2D eigenvalue weighted by atomic mass is 19.1. The molecule has 0 aliphatic rings. The summed E-state index contributed by atoms with van der Waals surface area (Å²) in [6, 6.07) is 4.64. The summed E-state index contributed by atoms with van der Waals surface area (Å²) >= 11 is 0. The first kappa shape index (κ1) is 17.1. The fraction of sp³-hybridized carbons (Fsp3) is 0.429. The van der Waals surface area contributed by atoms with Gasteiger partial charge in [-0.3, -0.25) is 4.79 Å². The molecule has 0 aromatic heterocycles. The van der Waals surface area contributed by atoms with E-state index >= 15 is 0 Å². The lowest BCUT2D eigenvalue weighted by atomic mass is 9.95. The number of nitrogens with one attached hydrogen (secondary N) is 1. The lowest BCUT2D eigenvalue weighted by Crippen LogP contribution is -2.59. The molecular weight excluding hydrogens is 281 g/mol. The van der Waals surface area contributed by atoms with Gasteiger partial charge >= 0.3 is 5.97 Å². The number of amides is 1. The van der Waals surface area contributed by atoms with E-state index in [1.54, 1.807) is 20.8 Å². The molecule has 0 saturated carbocycles. The number of aliphatic hydroxyl groups is 1. The van der Waals surface area contributed by atoms with Crippen molar-refractivity contribution in [1.29, 1.82) is 0 Å². The Hall–Kier alpha value is -1.99. The fourth-order valence-corrected chi connectivity index (χ4v) is 1.91. The summed E-state index contributed by atoms with van der Waals surface area (Å²) < 4.78 is 18.7. The van der Waals surface area contributed by atoms with E-state index in [1.807, 2.05) is 0 Å². The Morgan fingerprint density at radius 2 is 1.86 bits per heavy atom. The molecule has 1 aromatic carbocycles. The molecule has 7 heteroatoms. The second-order valence-electron chi connectivity index (χ2n) is 5.46. The van der Waals surface area contributed by atoms with Gasteiger partial charge in [0.2, 0.25) is 18.2 Å². The van der Waals surface area contributed by atoms with Gasteiger partial charge in [0.25, 0.3) is 0 Å². The maximum absolute atomic E-state index is 13.0. The maximum Gasteiger partial charge on any atom is 0.338 e. The van der Waals surface area contributed by atoms with E-state index in [4.69, 9.17) is 9.84 Å². The Bertz CT molecular complexity index is 511. The van der Waals surface area contributed by atoms with Gasteiger partial charge in [0.1, 0.15) is 5.82 Å². The maximum atomic E-state index is 13.0. The third kappa shape index (κ3) is 3.99. The van der Waals surface area contributed by atoms with Gasteiger partial charge in [-0.25, -0.2) is 9.18 Å². The highest BCUT2D eigenvalue weighted by molar-refractivity contribution is 5.75. The molecule has 3 N–H and O–H groups in total. The Balaban J connectivity index is 3.45. The number of benzene rings is 1. The summed E-state index contributed by atoms with van der Waals surface area (Å²) in [5, 5.41) is 21.3. The molecule has 0 heterocycles. The second-order valence-corrected chi connectivity index (χ2v) is 5.46. The molecule has 0 saturated heterocycles. The molecule has 1 amide bonds. The molecule has 0 bridgehead atoms. The predicted octanol–water partition coefficient (Wildman–Crippen LogP) is 0.985. The summed E-state index contributed by atoms with van der Waals surface area (Å²) in [7, 11) is 0. The quantitative estimate of drug-likeness (QED) is 0.537. The lowest BCUT2D eigenvalue weighted by Gasteiger charge is -2.40. The average molecular weight is 299 g/mol. The Morgan fingerprint density at radius 3 is 2.24 bits per heavy atom. The third-order valence-electron chi connectivity index (χ3n) is 2.63. The molecule has 0 aliphatic heterocycles. The van der Waals surface area contributed by atoms with Crippen molar-refractivity contribution in [2.75, 3.05) is 0 Å². The van der Waals surface area contributed by atoms with Crippen molar-refractivity contribution in [2.24, 2.45) is 0 Å². The van der Waals surface area contributed by atoms with Gasteiger partial charge < -0.3 is 20.3 Å². The van der Waals surface area contributed by atoms with Crippen LogP contribution in [0.25, 0.3) is 0 Å².